The van der Waals surface area contributed by atoms with Crippen molar-refractivity contribution in [1.29, 1.82) is 0 Å². The topological polar surface area (TPSA) is 21.3 Å². The third-order valence-corrected chi connectivity index (χ3v) is 4.19. The summed E-state index contributed by atoms with van der Waals surface area (Å²) in [5.41, 5.74) is 0.203. The first-order chi connectivity index (χ1) is 7.67. The SMILES string of the molecule is CCCC(C)C(CC1(OC)CCC1)NCC. The Labute approximate surface area is 101 Å². The maximum Gasteiger partial charge on any atom is 0.0693 e. The molecule has 2 heteroatoms. The molecule has 16 heavy (non-hydrogen) atoms. The Hall–Kier alpha value is -0.0800. The van der Waals surface area contributed by atoms with Crippen LogP contribution in [0.15, 0.2) is 0 Å². The molecule has 0 radical (unpaired) electrons. The van der Waals surface area contributed by atoms with Gasteiger partial charge in [0.15, 0.2) is 0 Å². The first-order valence-electron chi connectivity index (χ1n) is 6.96. The van der Waals surface area contributed by atoms with Crippen LogP contribution < -0.4 is 5.32 Å². The highest BCUT2D eigenvalue weighted by atomic mass is 16.5. The molecule has 2 nitrogen and oxygen atoms in total. The zero-order valence-electron chi connectivity index (χ0n) is 11.5. The monoisotopic (exact) mass is 227 g/mol. The number of ether oxygens (including phenoxy) is 1. The minimum absolute atomic E-state index is 0.203. The van der Waals surface area contributed by atoms with Gasteiger partial charge in [0.1, 0.15) is 0 Å². The van der Waals surface area contributed by atoms with E-state index < -0.39 is 0 Å². The number of methoxy groups -OCH3 is 1. The summed E-state index contributed by atoms with van der Waals surface area (Å²) in [6.45, 7) is 7.91. The predicted molar refractivity (Wildman–Crippen MR) is 69.7 cm³/mol. The van der Waals surface area contributed by atoms with Gasteiger partial charge >= 0.3 is 0 Å². The van der Waals surface area contributed by atoms with E-state index in [-0.39, 0.29) is 5.60 Å². The second kappa shape index (κ2) is 6.61. The van der Waals surface area contributed by atoms with E-state index in [4.69, 9.17) is 4.74 Å². The summed E-state index contributed by atoms with van der Waals surface area (Å²) in [4.78, 5) is 0. The van der Waals surface area contributed by atoms with Gasteiger partial charge < -0.3 is 10.1 Å². The van der Waals surface area contributed by atoms with Crippen LogP contribution in [0.1, 0.15) is 59.3 Å². The van der Waals surface area contributed by atoms with E-state index in [1.165, 1.54) is 38.5 Å². The zero-order valence-corrected chi connectivity index (χ0v) is 11.5. The van der Waals surface area contributed by atoms with E-state index in [1.54, 1.807) is 0 Å². The fourth-order valence-corrected chi connectivity index (χ4v) is 2.86. The van der Waals surface area contributed by atoms with E-state index in [0.29, 0.717) is 6.04 Å². The molecule has 2 unspecified atom stereocenters. The van der Waals surface area contributed by atoms with E-state index in [0.717, 1.165) is 12.5 Å². The van der Waals surface area contributed by atoms with Crippen molar-refractivity contribution in [3.8, 4) is 0 Å². The number of hydrogen-bond acceptors (Lipinski definition) is 2. The molecule has 0 amide bonds. The lowest BCUT2D eigenvalue weighted by Crippen LogP contribution is -2.48. The van der Waals surface area contributed by atoms with Crippen molar-refractivity contribution < 1.29 is 4.74 Å². The van der Waals surface area contributed by atoms with Crippen molar-refractivity contribution in [3.63, 3.8) is 0 Å². The zero-order chi connectivity index (χ0) is 12.0. The summed E-state index contributed by atoms with van der Waals surface area (Å²) in [5.74, 6) is 0.762. The highest BCUT2D eigenvalue weighted by molar-refractivity contribution is 4.94. The van der Waals surface area contributed by atoms with Crippen LogP contribution in [0.5, 0.6) is 0 Å². The predicted octanol–water partition coefficient (Wildman–Crippen LogP) is 3.36. The smallest absolute Gasteiger partial charge is 0.0693 e. The number of hydrogen-bond donors (Lipinski definition) is 1. The van der Waals surface area contributed by atoms with Crippen molar-refractivity contribution in [2.75, 3.05) is 13.7 Å². The van der Waals surface area contributed by atoms with Gasteiger partial charge in [0.25, 0.3) is 0 Å². The Balaban J connectivity index is 2.49. The van der Waals surface area contributed by atoms with Gasteiger partial charge in [-0.25, -0.2) is 0 Å². The maximum atomic E-state index is 5.74. The summed E-state index contributed by atoms with van der Waals surface area (Å²) in [6.07, 6.45) is 7.64. The molecule has 0 spiro atoms. The van der Waals surface area contributed by atoms with Crippen molar-refractivity contribution >= 4 is 0 Å². The van der Waals surface area contributed by atoms with Crippen LogP contribution in [0.3, 0.4) is 0 Å². The normalized spacial score (nSPS) is 22.5. The number of rotatable bonds is 8. The van der Waals surface area contributed by atoms with Crippen LogP contribution in [0, 0.1) is 5.92 Å². The van der Waals surface area contributed by atoms with Gasteiger partial charge in [0.2, 0.25) is 0 Å². The fraction of sp³-hybridized carbons (Fsp3) is 1.00. The molecule has 1 aliphatic rings. The largest absolute Gasteiger partial charge is 0.378 e. The van der Waals surface area contributed by atoms with Crippen LogP contribution in [-0.2, 0) is 4.74 Å². The van der Waals surface area contributed by atoms with Crippen molar-refractivity contribution in [3.05, 3.63) is 0 Å². The van der Waals surface area contributed by atoms with Gasteiger partial charge in [0, 0.05) is 13.2 Å². The lowest BCUT2D eigenvalue weighted by atomic mass is 9.73. The Morgan fingerprint density at radius 1 is 1.31 bits per heavy atom. The van der Waals surface area contributed by atoms with Crippen LogP contribution in [0.25, 0.3) is 0 Å². The molecule has 0 aromatic heterocycles. The first kappa shape index (κ1) is 14.0. The van der Waals surface area contributed by atoms with E-state index in [1.807, 2.05) is 7.11 Å². The molecule has 96 valence electrons. The molecular weight excluding hydrogens is 198 g/mol. The second-order valence-corrected chi connectivity index (χ2v) is 5.37. The third-order valence-electron chi connectivity index (χ3n) is 4.19. The molecule has 0 saturated heterocycles. The summed E-state index contributed by atoms with van der Waals surface area (Å²) in [7, 11) is 1.88. The quantitative estimate of drug-likeness (QED) is 0.686. The molecule has 1 N–H and O–H groups in total. The minimum Gasteiger partial charge on any atom is -0.378 e. The van der Waals surface area contributed by atoms with Crippen LogP contribution in [0.2, 0.25) is 0 Å². The maximum absolute atomic E-state index is 5.74. The Bertz CT molecular complexity index is 184. The molecule has 1 saturated carbocycles. The summed E-state index contributed by atoms with van der Waals surface area (Å²) in [6, 6.07) is 0.630. The lowest BCUT2D eigenvalue weighted by Gasteiger charge is -2.44. The van der Waals surface area contributed by atoms with Gasteiger partial charge in [-0.15, -0.1) is 0 Å². The Kier molecular flexibility index (Phi) is 5.77. The van der Waals surface area contributed by atoms with Gasteiger partial charge in [0.05, 0.1) is 5.60 Å². The van der Waals surface area contributed by atoms with E-state index in [2.05, 4.69) is 26.1 Å². The molecule has 1 aliphatic carbocycles. The fourth-order valence-electron chi connectivity index (χ4n) is 2.86. The molecule has 2 atom stereocenters. The van der Waals surface area contributed by atoms with E-state index >= 15 is 0 Å². The average molecular weight is 227 g/mol. The van der Waals surface area contributed by atoms with Crippen molar-refractivity contribution in [2.45, 2.75) is 70.9 Å². The van der Waals surface area contributed by atoms with Crippen LogP contribution in [-0.4, -0.2) is 25.3 Å². The Morgan fingerprint density at radius 3 is 2.38 bits per heavy atom. The molecule has 0 aromatic carbocycles. The minimum atomic E-state index is 0.203. The summed E-state index contributed by atoms with van der Waals surface area (Å²) in [5, 5.41) is 3.65. The van der Waals surface area contributed by atoms with Crippen LogP contribution in [0.4, 0.5) is 0 Å². The first-order valence-corrected chi connectivity index (χ1v) is 6.96. The van der Waals surface area contributed by atoms with Gasteiger partial charge in [-0.2, -0.15) is 0 Å². The molecule has 1 rings (SSSR count). The summed E-state index contributed by atoms with van der Waals surface area (Å²) >= 11 is 0. The van der Waals surface area contributed by atoms with Crippen LogP contribution >= 0.6 is 0 Å². The highest BCUT2D eigenvalue weighted by Crippen LogP contribution is 2.40. The molecule has 0 aliphatic heterocycles. The lowest BCUT2D eigenvalue weighted by molar-refractivity contribution is -0.0866. The molecule has 1 fully saturated rings. The number of nitrogens with one attached hydrogen (secondary N) is 1. The average Bonchev–Trinajstić information content (AvgIpc) is 2.22. The molecule has 0 aromatic rings. The Morgan fingerprint density at radius 2 is 2.00 bits per heavy atom. The van der Waals surface area contributed by atoms with E-state index in [9.17, 15) is 0 Å². The van der Waals surface area contributed by atoms with Gasteiger partial charge in [-0.3, -0.25) is 0 Å². The van der Waals surface area contributed by atoms with Crippen molar-refractivity contribution in [1.82, 2.24) is 5.32 Å². The standard InChI is InChI=1S/C14H29NO/c1-5-8-12(3)13(15-6-2)11-14(16-4)9-7-10-14/h12-13,15H,5-11H2,1-4H3. The van der Waals surface area contributed by atoms with Gasteiger partial charge in [-0.1, -0.05) is 27.2 Å². The molecule has 0 bridgehead atoms. The van der Waals surface area contributed by atoms with Crippen molar-refractivity contribution in [2.24, 2.45) is 5.92 Å². The third kappa shape index (κ3) is 3.46. The highest BCUT2D eigenvalue weighted by Gasteiger charge is 2.39. The summed E-state index contributed by atoms with van der Waals surface area (Å²) < 4.78 is 5.74. The molecular formula is C14H29NO. The molecule has 0 heterocycles. The van der Waals surface area contributed by atoms with Gasteiger partial charge in [-0.05, 0) is 44.6 Å². The second-order valence-electron chi connectivity index (χ2n) is 5.37.